The topological polar surface area (TPSA) is 67.4 Å². The summed E-state index contributed by atoms with van der Waals surface area (Å²) >= 11 is 3.34. The van der Waals surface area contributed by atoms with Crippen molar-refractivity contribution in [3.8, 4) is 11.5 Å². The van der Waals surface area contributed by atoms with Gasteiger partial charge in [-0.1, -0.05) is 28.1 Å². The second-order valence-electron chi connectivity index (χ2n) is 5.72. The number of anilines is 2. The number of ether oxygens (including phenoxy) is 1. The summed E-state index contributed by atoms with van der Waals surface area (Å²) in [4.78, 5) is 24.9. The van der Waals surface area contributed by atoms with E-state index in [1.54, 1.807) is 54.6 Å². The molecule has 0 atom stereocenters. The highest BCUT2D eigenvalue weighted by Gasteiger charge is 2.21. The number of carbonyl (C=O) groups excluding carboxylic acids is 2. The Balaban J connectivity index is 1.61. The monoisotopic (exact) mass is 408 g/mol. The van der Waals surface area contributed by atoms with Crippen LogP contribution in [0.25, 0.3) is 0 Å². The number of hydrogen-bond acceptors (Lipinski definition) is 3. The molecule has 1 heterocycles. The quantitative estimate of drug-likeness (QED) is 0.622. The zero-order valence-corrected chi connectivity index (χ0v) is 15.0. The molecule has 2 N–H and O–H groups in total. The number of nitrogens with one attached hydrogen (secondary N) is 2. The van der Waals surface area contributed by atoms with Gasteiger partial charge in [-0.05, 0) is 54.6 Å². The summed E-state index contributed by atoms with van der Waals surface area (Å²) < 4.78 is 6.73. The average molecular weight is 409 g/mol. The summed E-state index contributed by atoms with van der Waals surface area (Å²) in [6.07, 6.45) is 0. The maximum absolute atomic E-state index is 12.5. The molecule has 0 fully saturated rings. The summed E-state index contributed by atoms with van der Waals surface area (Å²) in [7, 11) is 0. The minimum absolute atomic E-state index is 0.254. The lowest BCUT2D eigenvalue weighted by Gasteiger charge is -2.10. The number of carbonyl (C=O) groups is 2. The molecule has 3 aromatic carbocycles. The van der Waals surface area contributed by atoms with Crippen molar-refractivity contribution >= 4 is 39.1 Å². The summed E-state index contributed by atoms with van der Waals surface area (Å²) in [5.74, 6) is 0.473. The van der Waals surface area contributed by atoms with Gasteiger partial charge in [0.2, 0.25) is 0 Å². The minimum Gasteiger partial charge on any atom is -0.454 e. The van der Waals surface area contributed by atoms with E-state index in [2.05, 4.69) is 26.6 Å². The summed E-state index contributed by atoms with van der Waals surface area (Å²) in [5, 5.41) is 5.62. The summed E-state index contributed by atoms with van der Waals surface area (Å²) in [5.41, 5.74) is 2.00. The molecular weight excluding hydrogens is 396 g/mol. The van der Waals surface area contributed by atoms with Crippen LogP contribution in [0.2, 0.25) is 0 Å². The molecule has 0 spiro atoms. The standard InChI is InChI=1S/C20H13BrN2O3/c21-13-7-5-12(6-8-13)19(24)22-14-9-10-17-15(11-14)20(25)23-16-3-1-2-4-18(16)26-17/h1-11H,(H,22,24)(H,23,25). The van der Waals surface area contributed by atoms with Crippen molar-refractivity contribution in [1.29, 1.82) is 0 Å². The van der Waals surface area contributed by atoms with E-state index < -0.39 is 0 Å². The Hall–Kier alpha value is -3.12. The molecule has 0 saturated heterocycles. The van der Waals surface area contributed by atoms with Crippen LogP contribution in [0.5, 0.6) is 11.5 Å². The molecule has 1 aliphatic rings. The Kier molecular flexibility index (Phi) is 4.18. The third kappa shape index (κ3) is 3.19. The van der Waals surface area contributed by atoms with Gasteiger partial charge in [-0.3, -0.25) is 9.59 Å². The van der Waals surface area contributed by atoms with Gasteiger partial charge in [-0.2, -0.15) is 0 Å². The first-order valence-electron chi connectivity index (χ1n) is 7.89. The predicted octanol–water partition coefficient (Wildman–Crippen LogP) is 5.06. The smallest absolute Gasteiger partial charge is 0.259 e. The maximum atomic E-state index is 12.5. The lowest BCUT2D eigenvalue weighted by Crippen LogP contribution is -2.14. The first kappa shape index (κ1) is 16.4. The van der Waals surface area contributed by atoms with Crippen molar-refractivity contribution in [2.75, 3.05) is 10.6 Å². The molecule has 6 heteroatoms. The summed E-state index contributed by atoms with van der Waals surface area (Å²) in [6, 6.07) is 19.2. The normalized spacial score (nSPS) is 12.1. The van der Waals surface area contributed by atoms with Crippen LogP contribution < -0.4 is 15.4 Å². The fourth-order valence-corrected chi connectivity index (χ4v) is 2.91. The van der Waals surface area contributed by atoms with E-state index in [0.717, 1.165) is 4.47 Å². The largest absolute Gasteiger partial charge is 0.454 e. The first-order chi connectivity index (χ1) is 12.6. The predicted molar refractivity (Wildman–Crippen MR) is 103 cm³/mol. The van der Waals surface area contributed by atoms with Crippen LogP contribution in [0.4, 0.5) is 11.4 Å². The molecule has 1 aliphatic heterocycles. The van der Waals surface area contributed by atoms with E-state index >= 15 is 0 Å². The van der Waals surface area contributed by atoms with Crippen LogP contribution in [0.3, 0.4) is 0 Å². The van der Waals surface area contributed by atoms with Gasteiger partial charge in [0.1, 0.15) is 5.75 Å². The summed E-state index contributed by atoms with van der Waals surface area (Å²) in [6.45, 7) is 0. The van der Waals surface area contributed by atoms with Crippen LogP contribution in [-0.4, -0.2) is 11.8 Å². The van der Waals surface area contributed by atoms with E-state index in [4.69, 9.17) is 4.74 Å². The van der Waals surface area contributed by atoms with Crippen LogP contribution in [0.15, 0.2) is 71.2 Å². The number of halogens is 1. The molecule has 128 valence electrons. The first-order valence-corrected chi connectivity index (χ1v) is 8.69. The van der Waals surface area contributed by atoms with Crippen LogP contribution >= 0.6 is 15.9 Å². The molecule has 4 rings (SSSR count). The zero-order valence-electron chi connectivity index (χ0n) is 13.5. The average Bonchev–Trinajstić information content (AvgIpc) is 2.78. The van der Waals surface area contributed by atoms with Gasteiger partial charge in [-0.15, -0.1) is 0 Å². The van der Waals surface area contributed by atoms with Crippen LogP contribution in [-0.2, 0) is 0 Å². The van der Waals surface area contributed by atoms with Gasteiger partial charge >= 0.3 is 0 Å². The van der Waals surface area contributed by atoms with Gasteiger partial charge in [-0.25, -0.2) is 0 Å². The fourth-order valence-electron chi connectivity index (χ4n) is 2.65. The van der Waals surface area contributed by atoms with Gasteiger partial charge < -0.3 is 15.4 Å². The molecule has 0 bridgehead atoms. The van der Waals surface area contributed by atoms with Gasteiger partial charge in [0.25, 0.3) is 11.8 Å². The van der Waals surface area contributed by atoms with Crippen molar-refractivity contribution in [3.05, 3.63) is 82.3 Å². The molecule has 2 amide bonds. The maximum Gasteiger partial charge on any atom is 0.259 e. The van der Waals surface area contributed by atoms with E-state index in [-0.39, 0.29) is 11.8 Å². The zero-order chi connectivity index (χ0) is 18.1. The third-order valence-corrected chi connectivity index (χ3v) is 4.47. The number of benzene rings is 3. The molecule has 5 nitrogen and oxygen atoms in total. The SMILES string of the molecule is O=C(Nc1ccc2c(c1)C(=O)Nc1ccccc1O2)c1ccc(Br)cc1. The van der Waals surface area contributed by atoms with Crippen molar-refractivity contribution in [1.82, 2.24) is 0 Å². The number of para-hydroxylation sites is 2. The number of rotatable bonds is 2. The molecule has 0 saturated carbocycles. The fraction of sp³-hybridized carbons (Fsp3) is 0. The molecule has 3 aromatic rings. The molecule has 0 aliphatic carbocycles. The molecule has 26 heavy (non-hydrogen) atoms. The second kappa shape index (κ2) is 6.65. The number of amides is 2. The van der Waals surface area contributed by atoms with E-state index in [1.165, 1.54) is 0 Å². The van der Waals surface area contributed by atoms with Gasteiger partial charge in [0.05, 0.1) is 11.3 Å². The van der Waals surface area contributed by atoms with Crippen molar-refractivity contribution in [3.63, 3.8) is 0 Å². The van der Waals surface area contributed by atoms with Crippen LogP contribution in [0, 0.1) is 0 Å². The van der Waals surface area contributed by atoms with Crippen molar-refractivity contribution in [2.45, 2.75) is 0 Å². The Morgan fingerprint density at radius 2 is 1.73 bits per heavy atom. The second-order valence-corrected chi connectivity index (χ2v) is 6.64. The van der Waals surface area contributed by atoms with Crippen LogP contribution in [0.1, 0.15) is 20.7 Å². The highest BCUT2D eigenvalue weighted by Crippen LogP contribution is 2.36. The molecule has 0 radical (unpaired) electrons. The number of hydrogen-bond donors (Lipinski definition) is 2. The lowest BCUT2D eigenvalue weighted by atomic mass is 10.1. The van der Waals surface area contributed by atoms with E-state index in [1.807, 2.05) is 12.1 Å². The highest BCUT2D eigenvalue weighted by molar-refractivity contribution is 9.10. The Morgan fingerprint density at radius 1 is 0.962 bits per heavy atom. The third-order valence-electron chi connectivity index (χ3n) is 3.94. The van der Waals surface area contributed by atoms with Crippen molar-refractivity contribution in [2.24, 2.45) is 0 Å². The Morgan fingerprint density at radius 3 is 2.54 bits per heavy atom. The molecule has 0 aromatic heterocycles. The minimum atomic E-state index is -0.287. The Labute approximate surface area is 158 Å². The Bertz CT molecular complexity index is 1020. The molecule has 0 unspecified atom stereocenters. The number of fused-ring (bicyclic) bond motifs is 2. The van der Waals surface area contributed by atoms with Gasteiger partial charge in [0, 0.05) is 15.7 Å². The molecular formula is C20H13BrN2O3. The highest BCUT2D eigenvalue weighted by atomic mass is 79.9. The van der Waals surface area contributed by atoms with E-state index in [0.29, 0.717) is 34.0 Å². The van der Waals surface area contributed by atoms with E-state index in [9.17, 15) is 9.59 Å². The lowest BCUT2D eigenvalue weighted by molar-refractivity contribution is 0.101. The van der Waals surface area contributed by atoms with Crippen molar-refractivity contribution < 1.29 is 14.3 Å². The van der Waals surface area contributed by atoms with Gasteiger partial charge in [0.15, 0.2) is 5.75 Å².